The molecule has 0 spiro atoms. The molecule has 3 aromatic rings. The molecule has 3 rings (SSSR count). The first-order chi connectivity index (χ1) is 10.7. The minimum absolute atomic E-state index is 0.409. The van der Waals surface area contributed by atoms with Gasteiger partial charge in [0.2, 0.25) is 0 Å². The number of anilines is 1. The molecule has 3 N–H and O–H groups in total. The summed E-state index contributed by atoms with van der Waals surface area (Å²) >= 11 is 1.46. The number of nitrogens with zero attached hydrogens (tertiary/aromatic N) is 2. The van der Waals surface area contributed by atoms with E-state index in [4.69, 9.17) is 5.11 Å². The van der Waals surface area contributed by atoms with Gasteiger partial charge in [-0.2, -0.15) is 0 Å². The van der Waals surface area contributed by atoms with Crippen molar-refractivity contribution >= 4 is 33.3 Å². The largest absolute Gasteiger partial charge is 0.480 e. The van der Waals surface area contributed by atoms with Crippen LogP contribution in [0.3, 0.4) is 0 Å². The van der Waals surface area contributed by atoms with E-state index in [-0.39, 0.29) is 0 Å². The topological polar surface area (TPSA) is 95.3 Å². The number of nitrogens with one attached hydrogen (secondary N) is 1. The molecule has 0 bridgehead atoms. The number of fused-ring (bicyclic) bond motifs is 1. The molecule has 112 valence electrons. The van der Waals surface area contributed by atoms with Crippen molar-refractivity contribution in [3.63, 3.8) is 0 Å². The fourth-order valence-corrected chi connectivity index (χ4v) is 3.08. The summed E-state index contributed by atoms with van der Waals surface area (Å²) in [6, 6.07) is 8.63. The van der Waals surface area contributed by atoms with Crippen molar-refractivity contribution in [3.8, 4) is 11.1 Å². The molecule has 2 aromatic heterocycles. The normalized spacial score (nSPS) is 12.2. The van der Waals surface area contributed by atoms with Gasteiger partial charge in [0.15, 0.2) is 0 Å². The Morgan fingerprint density at radius 3 is 2.73 bits per heavy atom. The van der Waals surface area contributed by atoms with Crippen molar-refractivity contribution in [1.29, 1.82) is 0 Å². The number of aliphatic hydroxyl groups is 1. The molecule has 0 saturated carbocycles. The van der Waals surface area contributed by atoms with Gasteiger partial charge in [0.1, 0.15) is 23.0 Å². The number of hydrogen-bond donors (Lipinski definition) is 3. The predicted molar refractivity (Wildman–Crippen MR) is 85.0 cm³/mol. The van der Waals surface area contributed by atoms with Crippen molar-refractivity contribution in [2.75, 3.05) is 11.9 Å². The average molecular weight is 315 g/mol. The minimum Gasteiger partial charge on any atom is -0.480 e. The molecule has 1 atom stereocenters. The van der Waals surface area contributed by atoms with Crippen LogP contribution in [-0.2, 0) is 4.79 Å². The Balaban J connectivity index is 2.11. The summed E-state index contributed by atoms with van der Waals surface area (Å²) in [6.45, 7) is -0.522. The molecule has 1 aromatic carbocycles. The van der Waals surface area contributed by atoms with E-state index in [2.05, 4.69) is 15.3 Å². The highest BCUT2D eigenvalue weighted by atomic mass is 32.1. The molecule has 6 nitrogen and oxygen atoms in total. The second kappa shape index (κ2) is 6.08. The van der Waals surface area contributed by atoms with Gasteiger partial charge in [0, 0.05) is 10.9 Å². The van der Waals surface area contributed by atoms with Gasteiger partial charge in [0.05, 0.1) is 12.0 Å². The molecule has 1 unspecified atom stereocenters. The van der Waals surface area contributed by atoms with Gasteiger partial charge in [-0.15, -0.1) is 11.3 Å². The first-order valence-electron chi connectivity index (χ1n) is 6.58. The van der Waals surface area contributed by atoms with Crippen LogP contribution >= 0.6 is 11.3 Å². The third kappa shape index (κ3) is 2.63. The van der Waals surface area contributed by atoms with Gasteiger partial charge in [-0.3, -0.25) is 0 Å². The van der Waals surface area contributed by atoms with Crippen molar-refractivity contribution < 1.29 is 15.0 Å². The third-order valence-corrected chi connectivity index (χ3v) is 4.13. The molecular formula is C15H13N3O3S. The van der Waals surface area contributed by atoms with Gasteiger partial charge in [-0.05, 0) is 5.56 Å². The molecular weight excluding hydrogens is 302 g/mol. The Morgan fingerprint density at radius 1 is 1.27 bits per heavy atom. The van der Waals surface area contributed by atoms with Crippen molar-refractivity contribution in [1.82, 2.24) is 9.97 Å². The summed E-state index contributed by atoms with van der Waals surface area (Å²) < 4.78 is 0. The fraction of sp³-hybridized carbons (Fsp3) is 0.133. The van der Waals surface area contributed by atoms with Crippen molar-refractivity contribution in [3.05, 3.63) is 42.0 Å². The number of rotatable bonds is 5. The Bertz CT molecular complexity index is 804. The van der Waals surface area contributed by atoms with Crippen LogP contribution < -0.4 is 5.32 Å². The molecule has 0 aliphatic heterocycles. The van der Waals surface area contributed by atoms with Crippen LogP contribution in [0.15, 0.2) is 42.0 Å². The van der Waals surface area contributed by atoms with Gasteiger partial charge in [-0.1, -0.05) is 30.3 Å². The summed E-state index contributed by atoms with van der Waals surface area (Å²) in [5, 5.41) is 23.8. The fourth-order valence-electron chi connectivity index (χ4n) is 2.17. The zero-order chi connectivity index (χ0) is 15.5. The molecule has 0 aliphatic carbocycles. The van der Waals surface area contributed by atoms with Gasteiger partial charge in [0.25, 0.3) is 0 Å². The lowest BCUT2D eigenvalue weighted by Gasteiger charge is -2.13. The Hall–Kier alpha value is -2.51. The zero-order valence-corrected chi connectivity index (χ0v) is 12.2. The van der Waals surface area contributed by atoms with E-state index < -0.39 is 18.6 Å². The first-order valence-corrected chi connectivity index (χ1v) is 7.46. The highest BCUT2D eigenvalue weighted by Crippen LogP contribution is 2.36. The van der Waals surface area contributed by atoms with Crippen LogP contribution in [0, 0.1) is 0 Å². The lowest BCUT2D eigenvalue weighted by atomic mass is 10.1. The van der Waals surface area contributed by atoms with E-state index in [1.807, 2.05) is 35.7 Å². The standard InChI is InChI=1S/C15H13N3O3S/c19-6-11(15(20)21)18-13-12-10(9-4-2-1-3-5-9)7-22-14(12)17-8-16-13/h1-5,7-8,11,19H,6H2,(H,20,21)(H,16,17,18). The van der Waals surface area contributed by atoms with Gasteiger partial charge in [-0.25, -0.2) is 14.8 Å². The number of benzene rings is 1. The van der Waals surface area contributed by atoms with E-state index in [0.717, 1.165) is 21.3 Å². The molecule has 2 heterocycles. The Labute approximate surface area is 130 Å². The molecule has 0 fully saturated rings. The lowest BCUT2D eigenvalue weighted by molar-refractivity contribution is -0.138. The summed E-state index contributed by atoms with van der Waals surface area (Å²) in [6.07, 6.45) is 1.38. The van der Waals surface area contributed by atoms with E-state index in [1.165, 1.54) is 17.7 Å². The number of carboxylic acid groups (broad SMARTS) is 1. The molecule has 0 aliphatic rings. The number of hydrogen-bond acceptors (Lipinski definition) is 6. The van der Waals surface area contributed by atoms with E-state index in [9.17, 15) is 9.90 Å². The quantitative estimate of drug-likeness (QED) is 0.668. The zero-order valence-electron chi connectivity index (χ0n) is 11.4. The summed E-state index contributed by atoms with van der Waals surface area (Å²) in [5.74, 6) is -0.725. The van der Waals surface area contributed by atoms with Crippen LogP contribution in [0.5, 0.6) is 0 Å². The maximum absolute atomic E-state index is 11.1. The molecule has 0 saturated heterocycles. The molecule has 0 amide bonds. The molecule has 22 heavy (non-hydrogen) atoms. The molecule has 0 radical (unpaired) electrons. The number of thiophene rings is 1. The van der Waals surface area contributed by atoms with Crippen LogP contribution in [0.2, 0.25) is 0 Å². The van der Waals surface area contributed by atoms with Crippen LogP contribution in [0.4, 0.5) is 5.82 Å². The predicted octanol–water partition coefficient (Wildman–Crippen LogP) is 2.22. The number of aromatic nitrogens is 2. The number of aliphatic hydroxyl groups excluding tert-OH is 1. The monoisotopic (exact) mass is 315 g/mol. The summed E-state index contributed by atoms with van der Waals surface area (Å²) in [5.41, 5.74) is 1.94. The first kappa shape index (κ1) is 14.4. The minimum atomic E-state index is -1.13. The van der Waals surface area contributed by atoms with Crippen molar-refractivity contribution in [2.45, 2.75) is 6.04 Å². The average Bonchev–Trinajstić information content (AvgIpc) is 2.98. The highest BCUT2D eigenvalue weighted by molar-refractivity contribution is 7.17. The Morgan fingerprint density at radius 2 is 2.05 bits per heavy atom. The van der Waals surface area contributed by atoms with Crippen molar-refractivity contribution in [2.24, 2.45) is 0 Å². The maximum Gasteiger partial charge on any atom is 0.328 e. The number of carboxylic acids is 1. The number of carbonyl (C=O) groups is 1. The second-order valence-electron chi connectivity index (χ2n) is 4.64. The van der Waals surface area contributed by atoms with E-state index in [1.54, 1.807) is 0 Å². The van der Waals surface area contributed by atoms with Crippen LogP contribution in [-0.4, -0.2) is 38.8 Å². The third-order valence-electron chi connectivity index (χ3n) is 3.25. The smallest absolute Gasteiger partial charge is 0.328 e. The maximum atomic E-state index is 11.1. The molecule has 7 heteroatoms. The van der Waals surface area contributed by atoms with Crippen LogP contribution in [0.25, 0.3) is 21.3 Å². The SMILES string of the molecule is O=C(O)C(CO)Nc1ncnc2scc(-c3ccccc3)c12. The second-order valence-corrected chi connectivity index (χ2v) is 5.49. The number of aliphatic carboxylic acids is 1. The van der Waals surface area contributed by atoms with Crippen LogP contribution in [0.1, 0.15) is 0 Å². The van der Waals surface area contributed by atoms with Gasteiger partial charge < -0.3 is 15.5 Å². The Kier molecular flexibility index (Phi) is 3.99. The summed E-state index contributed by atoms with van der Waals surface area (Å²) in [7, 11) is 0. The van der Waals surface area contributed by atoms with E-state index in [0.29, 0.717) is 5.82 Å². The lowest BCUT2D eigenvalue weighted by Crippen LogP contribution is -2.33. The highest BCUT2D eigenvalue weighted by Gasteiger charge is 2.20. The van der Waals surface area contributed by atoms with Gasteiger partial charge >= 0.3 is 5.97 Å². The van der Waals surface area contributed by atoms with E-state index >= 15 is 0 Å². The summed E-state index contributed by atoms with van der Waals surface area (Å²) in [4.78, 5) is 20.2.